The zero-order valence-electron chi connectivity index (χ0n) is 11.1. The van der Waals surface area contributed by atoms with Crippen molar-refractivity contribution in [1.82, 2.24) is 15.2 Å². The molecule has 0 saturated heterocycles. The van der Waals surface area contributed by atoms with Gasteiger partial charge in [-0.25, -0.2) is 18.1 Å². The Labute approximate surface area is 122 Å². The molecule has 0 bridgehead atoms. The topological polar surface area (TPSA) is 105 Å². The first-order valence-corrected chi connectivity index (χ1v) is 7.38. The molecule has 8 heteroatoms. The van der Waals surface area contributed by atoms with Crippen LogP contribution in [0.1, 0.15) is 11.1 Å². The number of aryl methyl sites for hydroxylation is 1. The van der Waals surface area contributed by atoms with Crippen LogP contribution < -0.4 is 4.72 Å². The molecule has 21 heavy (non-hydrogen) atoms. The maximum Gasteiger partial charge on any atom is 0.265 e. The summed E-state index contributed by atoms with van der Waals surface area (Å²) in [7, 11) is -3.89. The van der Waals surface area contributed by atoms with Crippen LogP contribution in [-0.2, 0) is 10.0 Å². The zero-order chi connectivity index (χ0) is 15.3. The lowest BCUT2D eigenvalue weighted by Crippen LogP contribution is -2.16. The van der Waals surface area contributed by atoms with E-state index >= 15 is 0 Å². The molecule has 0 unspecified atom stereocenters. The number of rotatable bonds is 3. The normalized spacial score (nSPS) is 10.6. The van der Waals surface area contributed by atoms with Gasteiger partial charge in [0, 0.05) is 5.56 Å². The van der Waals surface area contributed by atoms with Crippen LogP contribution in [0.3, 0.4) is 0 Å². The Morgan fingerprint density at radius 3 is 2.81 bits per heavy atom. The molecule has 0 spiro atoms. The smallest absolute Gasteiger partial charge is 0.265 e. The highest BCUT2D eigenvalue weighted by atomic mass is 32.2. The number of nitrogens with zero attached hydrogens (tertiary/aromatic N) is 3. The fourth-order valence-electron chi connectivity index (χ4n) is 1.58. The highest BCUT2D eigenvalue weighted by molar-refractivity contribution is 7.92. The summed E-state index contributed by atoms with van der Waals surface area (Å²) in [5.41, 5.74) is 1.15. The number of nitrogens with one attached hydrogen (secondary N) is 1. The van der Waals surface area contributed by atoms with Crippen molar-refractivity contribution < 1.29 is 13.5 Å². The van der Waals surface area contributed by atoms with Gasteiger partial charge in [0.05, 0.1) is 12.4 Å². The van der Waals surface area contributed by atoms with Crippen LogP contribution in [0.4, 0.5) is 5.95 Å². The van der Waals surface area contributed by atoms with Crippen LogP contribution in [0.15, 0.2) is 35.5 Å². The second kappa shape index (κ2) is 6.30. The second-order valence-corrected chi connectivity index (χ2v) is 5.68. The van der Waals surface area contributed by atoms with Gasteiger partial charge in [-0.2, -0.15) is 5.10 Å². The summed E-state index contributed by atoms with van der Waals surface area (Å²) in [6.07, 6.45) is 2.66. The van der Waals surface area contributed by atoms with E-state index in [9.17, 15) is 8.42 Å². The maximum atomic E-state index is 12.3. The molecule has 0 aliphatic rings. The van der Waals surface area contributed by atoms with Crippen molar-refractivity contribution in [2.24, 2.45) is 0 Å². The summed E-state index contributed by atoms with van der Waals surface area (Å²) < 4.78 is 26.9. The first kappa shape index (κ1) is 14.9. The Morgan fingerprint density at radius 1 is 1.33 bits per heavy atom. The standard InChI is InChI=1S/C13H12N4O3S/c1-10-4-5-12(11(9-10)3-2-8-18)21(19,20)17-13-14-6-7-15-16-13/h4-7,9,18H,8H2,1H3,(H,14,16,17). The highest BCUT2D eigenvalue weighted by Crippen LogP contribution is 2.18. The molecule has 0 radical (unpaired) electrons. The molecular weight excluding hydrogens is 292 g/mol. The van der Waals surface area contributed by atoms with Gasteiger partial charge >= 0.3 is 0 Å². The zero-order valence-corrected chi connectivity index (χ0v) is 11.9. The molecule has 0 aliphatic carbocycles. The number of benzene rings is 1. The van der Waals surface area contributed by atoms with Crippen LogP contribution in [0.25, 0.3) is 0 Å². The molecule has 2 N–H and O–H groups in total. The SMILES string of the molecule is Cc1ccc(S(=O)(=O)Nc2nccnn2)c(C#CCO)c1. The molecule has 0 aliphatic heterocycles. The predicted octanol–water partition coefficient (Wildman–Crippen LogP) is 0.325. The van der Waals surface area contributed by atoms with Gasteiger partial charge in [0.25, 0.3) is 16.0 Å². The molecule has 108 valence electrons. The van der Waals surface area contributed by atoms with E-state index in [0.717, 1.165) is 5.56 Å². The van der Waals surface area contributed by atoms with Crippen LogP contribution in [-0.4, -0.2) is 35.3 Å². The third-order valence-electron chi connectivity index (χ3n) is 2.43. The predicted molar refractivity (Wildman–Crippen MR) is 75.8 cm³/mol. The van der Waals surface area contributed by atoms with Gasteiger partial charge in [-0.05, 0) is 24.6 Å². The molecule has 0 saturated carbocycles. The lowest BCUT2D eigenvalue weighted by atomic mass is 10.1. The molecule has 0 amide bonds. The van der Waals surface area contributed by atoms with Crippen molar-refractivity contribution in [3.05, 3.63) is 41.7 Å². The van der Waals surface area contributed by atoms with Crippen molar-refractivity contribution in [2.75, 3.05) is 11.3 Å². The summed E-state index contributed by atoms with van der Waals surface area (Å²) in [6.45, 7) is 1.46. The number of hydrogen-bond donors (Lipinski definition) is 2. The summed E-state index contributed by atoms with van der Waals surface area (Å²) >= 11 is 0. The molecule has 2 rings (SSSR count). The Hall–Kier alpha value is -2.50. The molecule has 0 atom stereocenters. The van der Waals surface area contributed by atoms with Gasteiger partial charge in [0.1, 0.15) is 11.5 Å². The van der Waals surface area contributed by atoms with E-state index in [2.05, 4.69) is 31.7 Å². The molecule has 7 nitrogen and oxygen atoms in total. The Balaban J connectivity index is 2.45. The minimum Gasteiger partial charge on any atom is -0.384 e. The van der Waals surface area contributed by atoms with Gasteiger partial charge in [-0.3, -0.25) is 0 Å². The van der Waals surface area contributed by atoms with E-state index in [0.29, 0.717) is 5.56 Å². The fraction of sp³-hybridized carbons (Fsp3) is 0.154. The van der Waals surface area contributed by atoms with E-state index in [-0.39, 0.29) is 17.5 Å². The molecule has 2 aromatic rings. The summed E-state index contributed by atoms with van der Waals surface area (Å²) in [5, 5.41) is 15.9. The van der Waals surface area contributed by atoms with Crippen molar-refractivity contribution in [2.45, 2.75) is 11.8 Å². The quantitative estimate of drug-likeness (QED) is 0.791. The Kier molecular flexibility index (Phi) is 4.47. The Bertz CT molecular complexity index is 795. The van der Waals surface area contributed by atoms with E-state index in [4.69, 9.17) is 5.11 Å². The van der Waals surface area contributed by atoms with Gasteiger partial charge in [0.2, 0.25) is 0 Å². The van der Waals surface area contributed by atoms with Crippen molar-refractivity contribution in [3.63, 3.8) is 0 Å². The lowest BCUT2D eigenvalue weighted by Gasteiger charge is -2.08. The minimum atomic E-state index is -3.89. The van der Waals surface area contributed by atoms with E-state index in [1.54, 1.807) is 12.1 Å². The van der Waals surface area contributed by atoms with Crippen molar-refractivity contribution >= 4 is 16.0 Å². The monoisotopic (exact) mass is 304 g/mol. The molecule has 1 aromatic heterocycles. The number of aliphatic hydroxyl groups excluding tert-OH is 1. The highest BCUT2D eigenvalue weighted by Gasteiger charge is 2.19. The van der Waals surface area contributed by atoms with Gasteiger partial charge in [0.15, 0.2) is 0 Å². The fourth-order valence-corrected chi connectivity index (χ4v) is 2.67. The van der Waals surface area contributed by atoms with E-state index in [1.165, 1.54) is 18.5 Å². The number of sulfonamides is 1. The summed E-state index contributed by atoms with van der Waals surface area (Å²) in [4.78, 5) is 3.75. The van der Waals surface area contributed by atoms with Crippen LogP contribution >= 0.6 is 0 Å². The average molecular weight is 304 g/mol. The van der Waals surface area contributed by atoms with Crippen LogP contribution in [0.5, 0.6) is 0 Å². The second-order valence-electron chi connectivity index (χ2n) is 4.03. The van der Waals surface area contributed by atoms with E-state index in [1.807, 2.05) is 6.92 Å². The molecule has 1 heterocycles. The van der Waals surface area contributed by atoms with E-state index < -0.39 is 10.0 Å². The van der Waals surface area contributed by atoms with Crippen LogP contribution in [0.2, 0.25) is 0 Å². The van der Waals surface area contributed by atoms with Crippen molar-refractivity contribution in [1.29, 1.82) is 0 Å². The lowest BCUT2D eigenvalue weighted by molar-refractivity contribution is 0.350. The van der Waals surface area contributed by atoms with Crippen molar-refractivity contribution in [3.8, 4) is 11.8 Å². The molecular formula is C13H12N4O3S. The number of aromatic nitrogens is 3. The van der Waals surface area contributed by atoms with Crippen LogP contribution in [0, 0.1) is 18.8 Å². The number of anilines is 1. The largest absolute Gasteiger partial charge is 0.384 e. The van der Waals surface area contributed by atoms with Gasteiger partial charge in [-0.1, -0.05) is 17.9 Å². The third-order valence-corrected chi connectivity index (χ3v) is 3.82. The molecule has 0 fully saturated rings. The van der Waals surface area contributed by atoms with Gasteiger partial charge < -0.3 is 5.11 Å². The summed E-state index contributed by atoms with van der Waals surface area (Å²) in [6, 6.07) is 4.72. The maximum absolute atomic E-state index is 12.3. The molecule has 1 aromatic carbocycles. The third kappa shape index (κ3) is 3.75. The first-order chi connectivity index (χ1) is 10.0. The number of aliphatic hydroxyl groups is 1. The minimum absolute atomic E-state index is 0.0125. The first-order valence-electron chi connectivity index (χ1n) is 5.90. The number of hydrogen-bond acceptors (Lipinski definition) is 6. The average Bonchev–Trinajstić information content (AvgIpc) is 2.45. The van der Waals surface area contributed by atoms with Gasteiger partial charge in [-0.15, -0.1) is 5.10 Å². The Morgan fingerprint density at radius 2 is 2.14 bits per heavy atom. The summed E-state index contributed by atoms with van der Waals surface area (Å²) in [5.74, 6) is 4.93.